The molecule has 0 N–H and O–H groups in total. The quantitative estimate of drug-likeness (QED) is 0.649. The van der Waals surface area contributed by atoms with Crippen molar-refractivity contribution in [3.8, 4) is 0 Å². The Morgan fingerprint density at radius 2 is 1.22 bits per heavy atom. The molecule has 2 saturated carbocycles. The summed E-state index contributed by atoms with van der Waals surface area (Å²) in [6, 6.07) is 0. The Labute approximate surface area is 111 Å². The van der Waals surface area contributed by atoms with E-state index in [-0.39, 0.29) is 10.8 Å². The molecule has 2 fully saturated rings. The number of rotatable bonds is 4. The van der Waals surface area contributed by atoms with E-state index in [2.05, 4.69) is 27.0 Å². The van der Waals surface area contributed by atoms with Gasteiger partial charge in [-0.15, -0.1) is 0 Å². The van der Waals surface area contributed by atoms with Crippen molar-refractivity contribution in [2.24, 2.45) is 10.8 Å². The maximum Gasteiger partial charge on any atom is 0.146 e. The second-order valence-corrected chi connectivity index (χ2v) is 6.60. The van der Waals surface area contributed by atoms with Crippen molar-refractivity contribution in [2.75, 3.05) is 0 Å². The lowest BCUT2D eigenvalue weighted by atomic mass is 9.50. The molecule has 0 heterocycles. The normalized spacial score (nSPS) is 36.0. The summed E-state index contributed by atoms with van der Waals surface area (Å²) in [6.45, 7) is 12.8. The number of Topliss-reactive ketones (excluding diaryl/α,β-unsaturated/α-hetero) is 1. The van der Waals surface area contributed by atoms with Crippen molar-refractivity contribution in [2.45, 2.75) is 65.2 Å². The fraction of sp³-hybridized carbons (Fsp3) is 0.706. The van der Waals surface area contributed by atoms with E-state index in [9.17, 15) is 4.79 Å². The molecule has 18 heavy (non-hydrogen) atoms. The molecule has 1 heteroatoms. The third kappa shape index (κ3) is 1.98. The van der Waals surface area contributed by atoms with Gasteiger partial charge in [-0.05, 0) is 38.5 Å². The van der Waals surface area contributed by atoms with Crippen molar-refractivity contribution < 1.29 is 4.79 Å². The van der Waals surface area contributed by atoms with E-state index in [4.69, 9.17) is 0 Å². The molecule has 2 bridgehead atoms. The molecule has 0 aliphatic heterocycles. The van der Waals surface area contributed by atoms with Gasteiger partial charge in [0.2, 0.25) is 0 Å². The van der Waals surface area contributed by atoms with Crippen molar-refractivity contribution >= 4 is 5.78 Å². The molecule has 0 aromatic heterocycles. The second kappa shape index (κ2) is 4.68. The van der Waals surface area contributed by atoms with E-state index in [1.54, 1.807) is 0 Å². The number of hydrogen-bond donors (Lipinski definition) is 0. The van der Waals surface area contributed by atoms with E-state index in [0.29, 0.717) is 5.78 Å². The van der Waals surface area contributed by atoms with Gasteiger partial charge in [0.1, 0.15) is 5.78 Å². The monoisotopic (exact) mass is 246 g/mol. The first-order valence-electron chi connectivity index (χ1n) is 7.36. The summed E-state index contributed by atoms with van der Waals surface area (Å²) in [6.07, 6.45) is 7.80. The predicted octanol–water partition coefficient (Wildman–Crippen LogP) is 4.83. The summed E-state index contributed by atoms with van der Waals surface area (Å²) in [5.41, 5.74) is 2.30. The van der Waals surface area contributed by atoms with Crippen LogP contribution in [0.1, 0.15) is 65.2 Å². The van der Waals surface area contributed by atoms with Gasteiger partial charge < -0.3 is 0 Å². The van der Waals surface area contributed by atoms with Gasteiger partial charge in [0.15, 0.2) is 0 Å². The molecule has 0 amide bonds. The summed E-state index contributed by atoms with van der Waals surface area (Å²) >= 11 is 0. The largest absolute Gasteiger partial charge is 0.298 e. The molecule has 0 aromatic rings. The molecule has 0 unspecified atom stereocenters. The van der Waals surface area contributed by atoms with E-state index < -0.39 is 0 Å². The van der Waals surface area contributed by atoms with Crippen molar-refractivity contribution in [1.29, 1.82) is 0 Å². The first-order valence-corrected chi connectivity index (χ1v) is 7.36. The Hall–Kier alpha value is -0.850. The lowest BCUT2D eigenvalue weighted by Crippen LogP contribution is -2.51. The Balaban J connectivity index is 2.43. The average Bonchev–Trinajstić information content (AvgIpc) is 2.24. The smallest absolute Gasteiger partial charge is 0.146 e. The zero-order valence-electron chi connectivity index (χ0n) is 12.0. The van der Waals surface area contributed by atoms with Gasteiger partial charge in [0.25, 0.3) is 0 Å². The number of ketones is 1. The van der Waals surface area contributed by atoms with E-state index in [1.807, 2.05) is 0 Å². The highest BCUT2D eigenvalue weighted by atomic mass is 16.1. The molecule has 0 radical (unpaired) electrons. The van der Waals surface area contributed by atoms with Crippen molar-refractivity contribution in [1.82, 2.24) is 0 Å². The molecular weight excluding hydrogens is 220 g/mol. The van der Waals surface area contributed by atoms with Gasteiger partial charge in [-0.25, -0.2) is 0 Å². The molecule has 2 aliphatic carbocycles. The van der Waals surface area contributed by atoms with Gasteiger partial charge in [-0.1, -0.05) is 51.0 Å². The zero-order valence-corrected chi connectivity index (χ0v) is 12.0. The fourth-order valence-corrected chi connectivity index (χ4v) is 4.59. The van der Waals surface area contributed by atoms with Gasteiger partial charge >= 0.3 is 0 Å². The molecule has 100 valence electrons. The standard InChI is InChI=1S/C17H26O/c1-5-7-16-9-13(3)11-17(8-6-2,15(16)18)12-14(4)10-16/h3-12H2,1-2H3. The molecular formula is C17H26O. The molecule has 0 atom stereocenters. The Kier molecular flexibility index (Phi) is 3.53. The Morgan fingerprint density at radius 3 is 1.50 bits per heavy atom. The highest BCUT2D eigenvalue weighted by molar-refractivity contribution is 5.94. The second-order valence-electron chi connectivity index (χ2n) is 6.60. The van der Waals surface area contributed by atoms with Crippen LogP contribution >= 0.6 is 0 Å². The summed E-state index contributed by atoms with van der Waals surface area (Å²) in [5, 5.41) is 0. The Morgan fingerprint density at radius 1 is 0.889 bits per heavy atom. The van der Waals surface area contributed by atoms with Crippen molar-refractivity contribution in [3.63, 3.8) is 0 Å². The highest BCUT2D eigenvalue weighted by Gasteiger charge is 2.56. The maximum absolute atomic E-state index is 13.0. The molecule has 2 rings (SSSR count). The first-order chi connectivity index (χ1) is 8.48. The minimum absolute atomic E-state index is 0.144. The van der Waals surface area contributed by atoms with Gasteiger partial charge in [0, 0.05) is 10.8 Å². The Bertz CT molecular complexity index is 336. The van der Waals surface area contributed by atoms with Crippen LogP contribution in [0.5, 0.6) is 0 Å². The molecule has 0 saturated heterocycles. The maximum atomic E-state index is 13.0. The van der Waals surface area contributed by atoms with Crippen LogP contribution in [0.2, 0.25) is 0 Å². The molecule has 2 aliphatic rings. The van der Waals surface area contributed by atoms with Gasteiger partial charge in [-0.2, -0.15) is 0 Å². The van der Waals surface area contributed by atoms with Gasteiger partial charge in [-0.3, -0.25) is 4.79 Å². The van der Waals surface area contributed by atoms with Crippen LogP contribution in [0.25, 0.3) is 0 Å². The highest BCUT2D eigenvalue weighted by Crippen LogP contribution is 2.59. The van der Waals surface area contributed by atoms with Crippen LogP contribution in [-0.4, -0.2) is 5.78 Å². The van der Waals surface area contributed by atoms with Crippen LogP contribution in [0, 0.1) is 10.8 Å². The topological polar surface area (TPSA) is 17.1 Å². The fourth-order valence-electron chi connectivity index (χ4n) is 4.59. The molecule has 0 aromatic carbocycles. The average molecular weight is 246 g/mol. The van der Waals surface area contributed by atoms with E-state index >= 15 is 0 Å². The lowest BCUT2D eigenvalue weighted by Gasteiger charge is -2.52. The summed E-state index contributed by atoms with van der Waals surface area (Å²) in [7, 11) is 0. The van der Waals surface area contributed by atoms with Crippen LogP contribution < -0.4 is 0 Å². The number of carbonyl (C=O) groups is 1. The SMILES string of the molecule is C=C1CC2(CCC)CC(=C)CC(CCC)(C1)C2=O. The van der Waals surface area contributed by atoms with E-state index in [0.717, 1.165) is 51.4 Å². The summed E-state index contributed by atoms with van der Waals surface area (Å²) < 4.78 is 0. The third-order valence-corrected chi connectivity index (χ3v) is 4.77. The van der Waals surface area contributed by atoms with Crippen LogP contribution in [0.15, 0.2) is 24.3 Å². The van der Waals surface area contributed by atoms with E-state index in [1.165, 1.54) is 11.1 Å². The third-order valence-electron chi connectivity index (χ3n) is 4.77. The number of fused-ring (bicyclic) bond motifs is 2. The minimum Gasteiger partial charge on any atom is -0.298 e. The zero-order chi connectivity index (χ0) is 13.4. The molecule has 0 spiro atoms. The van der Waals surface area contributed by atoms with Crippen LogP contribution in [-0.2, 0) is 4.79 Å². The summed E-state index contributed by atoms with van der Waals surface area (Å²) in [4.78, 5) is 13.0. The minimum atomic E-state index is -0.144. The number of allylic oxidation sites excluding steroid dienone is 2. The number of carbonyl (C=O) groups excluding carboxylic acids is 1. The van der Waals surface area contributed by atoms with Gasteiger partial charge in [0.05, 0.1) is 0 Å². The predicted molar refractivity (Wildman–Crippen MR) is 76.4 cm³/mol. The summed E-state index contributed by atoms with van der Waals surface area (Å²) in [5.74, 6) is 0.540. The van der Waals surface area contributed by atoms with Crippen molar-refractivity contribution in [3.05, 3.63) is 24.3 Å². The molecule has 1 nitrogen and oxygen atoms in total. The van der Waals surface area contributed by atoms with Crippen LogP contribution in [0.3, 0.4) is 0 Å². The first kappa shape index (κ1) is 13.6. The lowest BCUT2D eigenvalue weighted by molar-refractivity contribution is -0.145. The van der Waals surface area contributed by atoms with Crippen LogP contribution in [0.4, 0.5) is 0 Å². The number of hydrogen-bond acceptors (Lipinski definition) is 1.